The third-order valence-corrected chi connectivity index (χ3v) is 5.45. The Kier molecular flexibility index (Phi) is 5.42. The SMILES string of the molecule is NC(=O)c1cc(Cc2c(F)cc(F)cc2F)cn1Cc1nnc(-c2ccc[nH]c2=O)s1. The van der Waals surface area contributed by atoms with Crippen LogP contribution in [0.1, 0.15) is 26.6 Å². The highest BCUT2D eigenvalue weighted by atomic mass is 32.1. The van der Waals surface area contributed by atoms with Crippen molar-refractivity contribution in [1.82, 2.24) is 19.7 Å². The molecule has 158 valence electrons. The van der Waals surface area contributed by atoms with Gasteiger partial charge in [0.25, 0.3) is 11.5 Å². The molecule has 3 heterocycles. The topological polar surface area (TPSA) is 107 Å². The van der Waals surface area contributed by atoms with Crippen LogP contribution < -0.4 is 11.3 Å². The van der Waals surface area contributed by atoms with Gasteiger partial charge in [-0.15, -0.1) is 10.2 Å². The third-order valence-electron chi connectivity index (χ3n) is 4.51. The summed E-state index contributed by atoms with van der Waals surface area (Å²) in [7, 11) is 0. The molecule has 1 aromatic carbocycles. The largest absolute Gasteiger partial charge is 0.364 e. The maximum Gasteiger partial charge on any atom is 0.265 e. The summed E-state index contributed by atoms with van der Waals surface area (Å²) in [6.07, 6.45) is 2.81. The Labute approximate surface area is 177 Å². The van der Waals surface area contributed by atoms with E-state index in [2.05, 4.69) is 15.2 Å². The number of carbonyl (C=O) groups excluding carboxylic acids is 1. The molecular formula is C20H14F3N5O2S. The highest BCUT2D eigenvalue weighted by Gasteiger charge is 2.18. The van der Waals surface area contributed by atoms with E-state index in [-0.39, 0.29) is 29.8 Å². The molecule has 0 fully saturated rings. The number of nitrogens with one attached hydrogen (secondary N) is 1. The molecule has 11 heteroatoms. The zero-order chi connectivity index (χ0) is 22.1. The number of aromatic nitrogens is 4. The zero-order valence-electron chi connectivity index (χ0n) is 15.7. The number of pyridine rings is 1. The van der Waals surface area contributed by atoms with E-state index in [1.165, 1.54) is 23.0 Å². The number of rotatable bonds is 6. The van der Waals surface area contributed by atoms with Crippen molar-refractivity contribution in [2.24, 2.45) is 5.73 Å². The average Bonchev–Trinajstić information content (AvgIpc) is 3.32. The fourth-order valence-electron chi connectivity index (χ4n) is 3.11. The van der Waals surface area contributed by atoms with Crippen LogP contribution in [0, 0.1) is 17.5 Å². The Balaban J connectivity index is 1.63. The maximum absolute atomic E-state index is 14.0. The average molecular weight is 445 g/mol. The van der Waals surface area contributed by atoms with Crippen LogP contribution in [0.25, 0.3) is 10.6 Å². The quantitative estimate of drug-likeness (QED) is 0.476. The van der Waals surface area contributed by atoms with E-state index >= 15 is 0 Å². The number of nitrogens with zero attached hydrogens (tertiary/aromatic N) is 3. The predicted molar refractivity (Wildman–Crippen MR) is 107 cm³/mol. The van der Waals surface area contributed by atoms with Crippen molar-refractivity contribution < 1.29 is 18.0 Å². The standard InChI is InChI=1S/C20H14F3N5O2S/c21-11-6-14(22)13(15(23)7-11)4-10-5-16(18(24)29)28(8-10)9-17-26-27-20(31-17)12-2-1-3-25-19(12)30/h1-3,5-8H,4,9H2,(H2,24,29)(H,25,30). The van der Waals surface area contributed by atoms with Crippen molar-refractivity contribution in [1.29, 1.82) is 0 Å². The monoisotopic (exact) mass is 445 g/mol. The summed E-state index contributed by atoms with van der Waals surface area (Å²) in [6, 6.07) is 5.87. The van der Waals surface area contributed by atoms with E-state index in [0.29, 0.717) is 33.3 Å². The van der Waals surface area contributed by atoms with E-state index in [0.717, 1.165) is 11.3 Å². The van der Waals surface area contributed by atoms with Crippen LogP contribution in [-0.2, 0) is 13.0 Å². The second-order valence-electron chi connectivity index (χ2n) is 6.66. The van der Waals surface area contributed by atoms with Crippen LogP contribution in [0.15, 0.2) is 47.5 Å². The molecule has 4 aromatic rings. The number of nitrogens with two attached hydrogens (primary N) is 1. The molecule has 0 aliphatic heterocycles. The second kappa shape index (κ2) is 8.19. The Bertz CT molecular complexity index is 1320. The molecule has 1 amide bonds. The lowest BCUT2D eigenvalue weighted by atomic mass is 10.1. The van der Waals surface area contributed by atoms with Gasteiger partial charge in [0.2, 0.25) is 0 Å². The van der Waals surface area contributed by atoms with Gasteiger partial charge in [-0.1, -0.05) is 11.3 Å². The first-order valence-electron chi connectivity index (χ1n) is 8.94. The molecule has 0 saturated heterocycles. The first-order chi connectivity index (χ1) is 14.8. The molecule has 0 aliphatic rings. The molecule has 3 N–H and O–H groups in total. The molecule has 7 nitrogen and oxygen atoms in total. The normalized spacial score (nSPS) is 11.1. The molecule has 0 bridgehead atoms. The minimum absolute atomic E-state index is 0.104. The van der Waals surface area contributed by atoms with Gasteiger partial charge in [-0.05, 0) is 23.8 Å². The minimum atomic E-state index is -1.02. The lowest BCUT2D eigenvalue weighted by molar-refractivity contribution is 0.0992. The molecule has 0 aliphatic carbocycles. The van der Waals surface area contributed by atoms with Gasteiger partial charge in [-0.25, -0.2) is 13.2 Å². The number of halogens is 3. The molecule has 0 saturated carbocycles. The highest BCUT2D eigenvalue weighted by Crippen LogP contribution is 2.23. The second-order valence-corrected chi connectivity index (χ2v) is 7.73. The van der Waals surface area contributed by atoms with E-state index in [9.17, 15) is 22.8 Å². The number of hydrogen-bond donors (Lipinski definition) is 2. The number of carbonyl (C=O) groups is 1. The summed E-state index contributed by atoms with van der Waals surface area (Å²) >= 11 is 1.16. The van der Waals surface area contributed by atoms with Crippen molar-refractivity contribution in [3.05, 3.63) is 92.4 Å². The number of benzene rings is 1. The number of aromatic amines is 1. The Morgan fingerprint density at radius 2 is 1.90 bits per heavy atom. The number of primary amides is 1. The van der Waals surface area contributed by atoms with Crippen molar-refractivity contribution in [2.45, 2.75) is 13.0 Å². The molecule has 4 rings (SSSR count). The molecule has 0 atom stereocenters. The summed E-state index contributed by atoms with van der Waals surface area (Å²) in [5.41, 5.74) is 5.67. The summed E-state index contributed by atoms with van der Waals surface area (Å²) in [5, 5.41) is 8.94. The van der Waals surface area contributed by atoms with Crippen molar-refractivity contribution >= 4 is 17.2 Å². The van der Waals surface area contributed by atoms with E-state index < -0.39 is 23.4 Å². The van der Waals surface area contributed by atoms with E-state index in [1.807, 2.05) is 0 Å². The summed E-state index contributed by atoms with van der Waals surface area (Å²) in [5.74, 6) is -3.80. The fraction of sp³-hybridized carbons (Fsp3) is 0.100. The van der Waals surface area contributed by atoms with Crippen molar-refractivity contribution in [3.8, 4) is 10.6 Å². The summed E-state index contributed by atoms with van der Waals surface area (Å²) in [4.78, 5) is 26.3. The Hall–Kier alpha value is -3.73. The molecule has 0 radical (unpaired) electrons. The first kappa shape index (κ1) is 20.5. The molecule has 3 aromatic heterocycles. The number of hydrogen-bond acceptors (Lipinski definition) is 5. The third kappa shape index (κ3) is 4.26. The van der Waals surface area contributed by atoms with Crippen molar-refractivity contribution in [2.75, 3.05) is 0 Å². The van der Waals surface area contributed by atoms with Gasteiger partial charge in [0, 0.05) is 36.5 Å². The van der Waals surface area contributed by atoms with Crippen molar-refractivity contribution in [3.63, 3.8) is 0 Å². The van der Waals surface area contributed by atoms with Crippen LogP contribution in [-0.4, -0.2) is 25.7 Å². The van der Waals surface area contributed by atoms with Crippen LogP contribution in [0.5, 0.6) is 0 Å². The Morgan fingerprint density at radius 1 is 1.16 bits per heavy atom. The molecule has 31 heavy (non-hydrogen) atoms. The minimum Gasteiger partial charge on any atom is -0.364 e. The highest BCUT2D eigenvalue weighted by molar-refractivity contribution is 7.14. The lowest BCUT2D eigenvalue weighted by Crippen LogP contribution is -2.16. The molecule has 0 unspecified atom stereocenters. The van der Waals surface area contributed by atoms with Gasteiger partial charge < -0.3 is 15.3 Å². The fourth-order valence-corrected chi connectivity index (χ4v) is 3.97. The first-order valence-corrected chi connectivity index (χ1v) is 9.76. The summed E-state index contributed by atoms with van der Waals surface area (Å²) < 4.78 is 42.6. The van der Waals surface area contributed by atoms with Gasteiger partial charge >= 0.3 is 0 Å². The van der Waals surface area contributed by atoms with Gasteiger partial charge in [0.1, 0.15) is 28.2 Å². The Morgan fingerprint density at radius 3 is 2.58 bits per heavy atom. The van der Waals surface area contributed by atoms with E-state index in [4.69, 9.17) is 5.73 Å². The van der Waals surface area contributed by atoms with Crippen LogP contribution in [0.2, 0.25) is 0 Å². The van der Waals surface area contributed by atoms with Crippen LogP contribution in [0.4, 0.5) is 13.2 Å². The van der Waals surface area contributed by atoms with E-state index in [1.54, 1.807) is 12.1 Å². The molecular weight excluding hydrogens is 431 g/mol. The van der Waals surface area contributed by atoms with Gasteiger partial charge in [-0.3, -0.25) is 9.59 Å². The lowest BCUT2D eigenvalue weighted by Gasteiger charge is -2.04. The predicted octanol–water partition coefficient (Wildman–Crippen LogP) is 2.85. The maximum atomic E-state index is 14.0. The van der Waals surface area contributed by atoms with Gasteiger partial charge in [0.15, 0.2) is 5.01 Å². The summed E-state index contributed by atoms with van der Waals surface area (Å²) in [6.45, 7) is 0.106. The van der Waals surface area contributed by atoms with Gasteiger partial charge in [-0.2, -0.15) is 0 Å². The molecule has 0 spiro atoms. The smallest absolute Gasteiger partial charge is 0.265 e. The van der Waals surface area contributed by atoms with Crippen LogP contribution >= 0.6 is 11.3 Å². The number of H-pyrrole nitrogens is 1. The zero-order valence-corrected chi connectivity index (χ0v) is 16.5. The van der Waals surface area contributed by atoms with Gasteiger partial charge in [0.05, 0.1) is 12.1 Å². The number of amides is 1. The van der Waals surface area contributed by atoms with Crippen LogP contribution in [0.3, 0.4) is 0 Å².